The molecule has 1 aromatic heterocycles. The number of sulfonamides is 1. The summed E-state index contributed by atoms with van der Waals surface area (Å²) >= 11 is 1.22. The highest BCUT2D eigenvalue weighted by Crippen LogP contribution is 2.25. The van der Waals surface area contributed by atoms with Gasteiger partial charge in [0.2, 0.25) is 10.0 Å². The third-order valence-corrected chi connectivity index (χ3v) is 6.18. The van der Waals surface area contributed by atoms with Gasteiger partial charge in [0.1, 0.15) is 10.0 Å². The van der Waals surface area contributed by atoms with Crippen molar-refractivity contribution in [2.24, 2.45) is 0 Å². The van der Waals surface area contributed by atoms with Gasteiger partial charge in [-0.1, -0.05) is 6.07 Å². The highest BCUT2D eigenvalue weighted by molar-refractivity contribution is 7.91. The van der Waals surface area contributed by atoms with Crippen LogP contribution in [0.25, 0.3) is 0 Å². The topological polar surface area (TPSA) is 66.4 Å². The van der Waals surface area contributed by atoms with Crippen molar-refractivity contribution < 1.29 is 17.9 Å². The summed E-state index contributed by atoms with van der Waals surface area (Å²) in [5, 5.41) is 9.01. The van der Waals surface area contributed by atoms with E-state index < -0.39 is 22.4 Å². The predicted molar refractivity (Wildman–Crippen MR) is 80.1 cm³/mol. The first-order valence-corrected chi connectivity index (χ1v) is 8.58. The number of hydrogen-bond acceptors (Lipinski definition) is 4. The van der Waals surface area contributed by atoms with Crippen LogP contribution in [0.1, 0.15) is 21.6 Å². The van der Waals surface area contributed by atoms with Crippen LogP contribution in [0.4, 0.5) is 4.39 Å². The normalized spacial score (nSPS) is 11.8. The maximum atomic E-state index is 13.3. The lowest BCUT2D eigenvalue weighted by Crippen LogP contribution is -2.22. The van der Waals surface area contributed by atoms with Crippen molar-refractivity contribution in [2.75, 3.05) is 0 Å². The smallest absolute Gasteiger partial charge is 0.250 e. The number of rotatable bonds is 5. The number of halogens is 1. The molecule has 114 valence electrons. The average Bonchev–Trinajstić information content (AvgIpc) is 2.79. The van der Waals surface area contributed by atoms with Gasteiger partial charge in [0.05, 0.1) is 6.61 Å². The van der Waals surface area contributed by atoms with Gasteiger partial charge in [-0.3, -0.25) is 0 Å². The lowest BCUT2D eigenvalue weighted by Gasteiger charge is -2.07. The molecule has 0 saturated carbocycles. The van der Waals surface area contributed by atoms with Crippen LogP contribution in [0.2, 0.25) is 0 Å². The Morgan fingerprint density at radius 3 is 2.57 bits per heavy atom. The van der Waals surface area contributed by atoms with Crippen LogP contribution in [-0.2, 0) is 23.2 Å². The lowest BCUT2D eigenvalue weighted by atomic mass is 10.1. The standard InChI is InChI=1S/C14H16FNO3S2/c1-9-5-14(20-10(9)2)21(18,19)16-7-11-3-4-13(15)12(6-11)8-17/h3-6,16-17H,7-8H2,1-2H3. The fraction of sp³-hybridized carbons (Fsp3) is 0.286. The minimum Gasteiger partial charge on any atom is -0.392 e. The maximum absolute atomic E-state index is 13.3. The molecule has 2 aromatic rings. The van der Waals surface area contributed by atoms with Gasteiger partial charge >= 0.3 is 0 Å². The second-order valence-electron chi connectivity index (χ2n) is 4.71. The van der Waals surface area contributed by atoms with Crippen molar-refractivity contribution in [1.29, 1.82) is 0 Å². The van der Waals surface area contributed by atoms with Crippen LogP contribution in [-0.4, -0.2) is 13.5 Å². The van der Waals surface area contributed by atoms with E-state index in [1.165, 1.54) is 29.5 Å². The van der Waals surface area contributed by atoms with Crippen molar-refractivity contribution in [3.8, 4) is 0 Å². The van der Waals surface area contributed by atoms with E-state index >= 15 is 0 Å². The first kappa shape index (κ1) is 16.1. The fourth-order valence-electron chi connectivity index (χ4n) is 1.78. The molecule has 1 aromatic carbocycles. The summed E-state index contributed by atoms with van der Waals surface area (Å²) in [6.07, 6.45) is 0. The summed E-state index contributed by atoms with van der Waals surface area (Å²) < 4.78 is 40.3. The molecular formula is C14H16FNO3S2. The molecule has 7 heteroatoms. The van der Waals surface area contributed by atoms with E-state index in [9.17, 15) is 12.8 Å². The monoisotopic (exact) mass is 329 g/mol. The Labute approximate surface area is 127 Å². The van der Waals surface area contributed by atoms with E-state index in [0.717, 1.165) is 10.4 Å². The van der Waals surface area contributed by atoms with Crippen LogP contribution < -0.4 is 4.72 Å². The van der Waals surface area contributed by atoms with E-state index in [-0.39, 0.29) is 16.3 Å². The van der Waals surface area contributed by atoms with Gasteiger partial charge in [-0.15, -0.1) is 11.3 Å². The van der Waals surface area contributed by atoms with Gasteiger partial charge in [0.15, 0.2) is 0 Å². The highest BCUT2D eigenvalue weighted by atomic mass is 32.2. The van der Waals surface area contributed by atoms with Crippen LogP contribution in [0, 0.1) is 19.7 Å². The molecule has 1 heterocycles. The summed E-state index contributed by atoms with van der Waals surface area (Å²) in [5.74, 6) is -0.506. The third kappa shape index (κ3) is 3.68. The number of aryl methyl sites for hydroxylation is 2. The largest absolute Gasteiger partial charge is 0.392 e. The van der Waals surface area contributed by atoms with Gasteiger partial charge in [0, 0.05) is 17.0 Å². The van der Waals surface area contributed by atoms with E-state index in [1.807, 2.05) is 13.8 Å². The SMILES string of the molecule is Cc1cc(S(=O)(=O)NCc2ccc(F)c(CO)c2)sc1C. The zero-order chi connectivity index (χ0) is 15.6. The van der Waals surface area contributed by atoms with E-state index in [0.29, 0.717) is 5.56 Å². The molecule has 21 heavy (non-hydrogen) atoms. The molecule has 4 nitrogen and oxygen atoms in total. The van der Waals surface area contributed by atoms with Crippen LogP contribution in [0.15, 0.2) is 28.5 Å². The van der Waals surface area contributed by atoms with Crippen molar-refractivity contribution in [2.45, 2.75) is 31.2 Å². The molecule has 0 atom stereocenters. The number of nitrogens with one attached hydrogen (secondary N) is 1. The zero-order valence-corrected chi connectivity index (χ0v) is 13.3. The van der Waals surface area contributed by atoms with Gasteiger partial charge in [0.25, 0.3) is 0 Å². The van der Waals surface area contributed by atoms with Crippen molar-refractivity contribution in [3.05, 3.63) is 51.7 Å². The Morgan fingerprint density at radius 2 is 2.00 bits per heavy atom. The number of hydrogen-bond donors (Lipinski definition) is 2. The molecule has 0 aliphatic heterocycles. The quantitative estimate of drug-likeness (QED) is 0.885. The second-order valence-corrected chi connectivity index (χ2v) is 7.96. The minimum absolute atomic E-state index is 0.0472. The van der Waals surface area contributed by atoms with Gasteiger partial charge in [-0.05, 0) is 43.2 Å². The van der Waals surface area contributed by atoms with Gasteiger partial charge in [-0.25, -0.2) is 17.5 Å². The van der Waals surface area contributed by atoms with Gasteiger partial charge < -0.3 is 5.11 Å². The summed E-state index contributed by atoms with van der Waals surface area (Å²) in [6, 6.07) is 5.78. The molecular weight excluding hydrogens is 313 g/mol. The van der Waals surface area contributed by atoms with E-state index in [1.54, 1.807) is 6.07 Å². The molecule has 2 rings (SSSR count). The van der Waals surface area contributed by atoms with Crippen molar-refractivity contribution in [3.63, 3.8) is 0 Å². The van der Waals surface area contributed by atoms with Crippen LogP contribution in [0.5, 0.6) is 0 Å². The Morgan fingerprint density at radius 1 is 1.29 bits per heavy atom. The predicted octanol–water partition coefficient (Wildman–Crippen LogP) is 2.47. The zero-order valence-electron chi connectivity index (χ0n) is 11.7. The summed E-state index contributed by atoms with van der Waals surface area (Å²) in [4.78, 5) is 0.958. The fourth-order valence-corrected chi connectivity index (χ4v) is 4.36. The van der Waals surface area contributed by atoms with Crippen molar-refractivity contribution in [1.82, 2.24) is 4.72 Å². The second kappa shape index (κ2) is 6.23. The Hall–Kier alpha value is -1.28. The first-order valence-electron chi connectivity index (χ1n) is 6.28. The van der Waals surface area contributed by atoms with E-state index in [4.69, 9.17) is 5.11 Å². The molecule has 0 bridgehead atoms. The maximum Gasteiger partial charge on any atom is 0.250 e. The number of aliphatic hydroxyl groups excluding tert-OH is 1. The lowest BCUT2D eigenvalue weighted by molar-refractivity contribution is 0.275. The molecule has 0 aliphatic carbocycles. The van der Waals surface area contributed by atoms with Crippen LogP contribution >= 0.6 is 11.3 Å². The molecule has 2 N–H and O–H groups in total. The molecule has 0 fully saturated rings. The molecule has 0 aliphatic rings. The highest BCUT2D eigenvalue weighted by Gasteiger charge is 2.17. The van der Waals surface area contributed by atoms with Crippen LogP contribution in [0.3, 0.4) is 0 Å². The summed E-state index contributed by atoms with van der Waals surface area (Å²) in [5.41, 5.74) is 1.67. The Bertz CT molecular complexity index is 734. The van der Waals surface area contributed by atoms with Gasteiger partial charge in [-0.2, -0.15) is 0 Å². The molecule has 0 unspecified atom stereocenters. The Kier molecular flexibility index (Phi) is 4.77. The Balaban J connectivity index is 2.15. The molecule has 0 spiro atoms. The molecule has 0 saturated heterocycles. The summed E-state index contributed by atoms with van der Waals surface area (Å²) in [6.45, 7) is 3.35. The average molecular weight is 329 g/mol. The first-order chi connectivity index (χ1) is 9.83. The number of benzene rings is 1. The van der Waals surface area contributed by atoms with E-state index in [2.05, 4.69) is 4.72 Å². The summed E-state index contributed by atoms with van der Waals surface area (Å²) in [7, 11) is -3.58. The third-order valence-electron chi connectivity index (χ3n) is 3.16. The number of thiophene rings is 1. The molecule has 0 radical (unpaired) electrons. The van der Waals surface area contributed by atoms with Crippen molar-refractivity contribution >= 4 is 21.4 Å². The molecule has 0 amide bonds. The minimum atomic E-state index is -3.58. The number of aliphatic hydroxyl groups is 1.